The number of nitrogens with zero attached hydrogens (tertiary/aromatic N) is 6. The Labute approximate surface area is 421 Å². The van der Waals surface area contributed by atoms with E-state index in [0.717, 1.165) is 34.8 Å². The molecule has 15 nitrogen and oxygen atoms in total. The van der Waals surface area contributed by atoms with Gasteiger partial charge in [-0.1, -0.05) is 77.4 Å². The maximum atomic E-state index is 14.3. The highest BCUT2D eigenvalue weighted by Gasteiger charge is 2.64. The Morgan fingerprint density at radius 3 is 2.20 bits per heavy atom. The zero-order valence-corrected chi connectivity index (χ0v) is 43.3. The SMILES string of the molecule is Cc1ncsc1-c1ccc([C@H](C)NC(=O)[C@@H]2C[C@@H](O)CN2C(=O)[C@H](C(C)C)N(C)C(=O)CN2CCN(CCOc3ccc(C(=O)NC4C(C)(C)C(Oc5ccc(C#N)c(Cl)c5)C4(C)C)cc3)CC2)cc1. The van der Waals surface area contributed by atoms with Crippen molar-refractivity contribution in [3.8, 4) is 28.0 Å². The summed E-state index contributed by atoms with van der Waals surface area (Å²) in [6, 6.07) is 20.0. The normalized spacial score (nSPS) is 21.8. The van der Waals surface area contributed by atoms with Gasteiger partial charge in [-0.15, -0.1) is 11.3 Å². The summed E-state index contributed by atoms with van der Waals surface area (Å²) < 4.78 is 12.4. The first-order chi connectivity index (χ1) is 33.2. The topological polar surface area (TPSA) is 181 Å². The molecule has 0 spiro atoms. The van der Waals surface area contributed by atoms with Gasteiger partial charge in [0.15, 0.2) is 0 Å². The van der Waals surface area contributed by atoms with Crippen LogP contribution in [0.4, 0.5) is 0 Å². The molecule has 1 saturated carbocycles. The Hall–Kier alpha value is -5.57. The van der Waals surface area contributed by atoms with E-state index >= 15 is 0 Å². The molecular formula is C53H67ClN8O7S. The lowest BCUT2D eigenvalue weighted by atomic mass is 9.49. The number of likely N-dealkylation sites (N-methyl/N-ethyl adjacent to an activating group) is 1. The van der Waals surface area contributed by atoms with E-state index in [-0.39, 0.29) is 78.1 Å². The summed E-state index contributed by atoms with van der Waals surface area (Å²) in [5.41, 5.74) is 4.89. The monoisotopic (exact) mass is 994 g/mol. The van der Waals surface area contributed by atoms with Crippen molar-refractivity contribution in [3.05, 3.63) is 99.6 Å². The molecule has 0 unspecified atom stereocenters. The molecule has 4 amide bonds. The van der Waals surface area contributed by atoms with Crippen LogP contribution in [0.5, 0.6) is 11.5 Å². The number of likely N-dealkylation sites (tertiary alicyclic amines) is 1. The number of ether oxygens (including phenoxy) is 2. The Bertz CT molecular complexity index is 2540. The summed E-state index contributed by atoms with van der Waals surface area (Å²) >= 11 is 7.83. The van der Waals surface area contributed by atoms with Crippen molar-refractivity contribution in [2.24, 2.45) is 16.7 Å². The first-order valence-electron chi connectivity index (χ1n) is 24.1. The second-order valence-electron chi connectivity index (χ2n) is 20.5. The van der Waals surface area contributed by atoms with Gasteiger partial charge in [0.2, 0.25) is 17.7 Å². The third kappa shape index (κ3) is 11.5. The van der Waals surface area contributed by atoms with Crippen LogP contribution in [0.25, 0.3) is 10.4 Å². The molecule has 2 saturated heterocycles. The van der Waals surface area contributed by atoms with E-state index in [0.29, 0.717) is 53.9 Å². The van der Waals surface area contributed by atoms with Crippen LogP contribution in [0.1, 0.15) is 88.1 Å². The van der Waals surface area contributed by atoms with Crippen LogP contribution in [0.15, 0.2) is 72.2 Å². The molecule has 1 aliphatic carbocycles. The number of aryl methyl sites for hydroxylation is 1. The minimum Gasteiger partial charge on any atom is -0.492 e. The Morgan fingerprint density at radius 1 is 0.957 bits per heavy atom. The summed E-state index contributed by atoms with van der Waals surface area (Å²) in [5.74, 6) is -0.0617. The summed E-state index contributed by atoms with van der Waals surface area (Å²) in [7, 11) is 1.65. The van der Waals surface area contributed by atoms with Gasteiger partial charge in [-0.05, 0) is 67.3 Å². The average molecular weight is 996 g/mol. The number of piperazine rings is 1. The number of carbonyl (C=O) groups is 4. The maximum absolute atomic E-state index is 14.3. The zero-order chi connectivity index (χ0) is 50.7. The Morgan fingerprint density at radius 2 is 1.60 bits per heavy atom. The van der Waals surface area contributed by atoms with E-state index in [2.05, 4.69) is 59.2 Å². The predicted molar refractivity (Wildman–Crippen MR) is 271 cm³/mol. The number of aliphatic hydroxyl groups excluding tert-OH is 1. The molecule has 17 heteroatoms. The van der Waals surface area contributed by atoms with Gasteiger partial charge < -0.3 is 35.0 Å². The molecule has 3 aromatic carbocycles. The van der Waals surface area contributed by atoms with E-state index in [1.807, 2.05) is 57.5 Å². The van der Waals surface area contributed by atoms with Gasteiger partial charge in [0.05, 0.1) is 45.4 Å². The van der Waals surface area contributed by atoms with Crippen molar-refractivity contribution in [3.63, 3.8) is 0 Å². The summed E-state index contributed by atoms with van der Waals surface area (Å²) in [6.07, 6.45) is -0.948. The molecule has 374 valence electrons. The van der Waals surface area contributed by atoms with Crippen molar-refractivity contribution in [2.75, 3.05) is 59.5 Å². The van der Waals surface area contributed by atoms with E-state index in [1.54, 1.807) is 60.8 Å². The number of rotatable bonds is 17. The minimum absolute atomic E-state index is 0.0174. The molecule has 7 rings (SSSR count). The van der Waals surface area contributed by atoms with Gasteiger partial charge in [-0.25, -0.2) is 4.98 Å². The fraction of sp³-hybridized carbons (Fsp3) is 0.509. The van der Waals surface area contributed by atoms with Crippen LogP contribution in [-0.2, 0) is 14.4 Å². The van der Waals surface area contributed by atoms with Gasteiger partial charge in [0.25, 0.3) is 5.91 Å². The summed E-state index contributed by atoms with van der Waals surface area (Å²) in [4.78, 5) is 68.0. The highest BCUT2D eigenvalue weighted by atomic mass is 35.5. The number of halogens is 1. The number of β-amino-alcohol motifs (C(OH)–C–C–N with tert-alkyl or cyclic N) is 1. The lowest BCUT2D eigenvalue weighted by molar-refractivity contribution is -0.164. The molecule has 4 aromatic rings. The number of aliphatic hydroxyl groups is 1. The number of nitrogens with one attached hydrogen (secondary N) is 2. The fourth-order valence-corrected chi connectivity index (χ4v) is 11.7. The average Bonchev–Trinajstić information content (AvgIpc) is 3.95. The van der Waals surface area contributed by atoms with Crippen molar-refractivity contribution >= 4 is 46.6 Å². The number of thiazole rings is 1. The van der Waals surface area contributed by atoms with Crippen molar-refractivity contribution < 1.29 is 33.8 Å². The highest BCUT2D eigenvalue weighted by Crippen LogP contribution is 2.55. The van der Waals surface area contributed by atoms with Crippen molar-refractivity contribution in [1.29, 1.82) is 5.26 Å². The molecule has 0 bridgehead atoms. The first-order valence-corrected chi connectivity index (χ1v) is 25.3. The first kappa shape index (κ1) is 52.3. The van der Waals surface area contributed by atoms with Gasteiger partial charge in [0.1, 0.15) is 42.4 Å². The minimum atomic E-state index is -0.866. The molecule has 3 aliphatic rings. The maximum Gasteiger partial charge on any atom is 0.251 e. The van der Waals surface area contributed by atoms with Crippen LogP contribution in [0.3, 0.4) is 0 Å². The number of hydrogen-bond donors (Lipinski definition) is 3. The van der Waals surface area contributed by atoms with Crippen LogP contribution < -0.4 is 20.1 Å². The molecule has 3 N–H and O–H groups in total. The number of nitriles is 1. The largest absolute Gasteiger partial charge is 0.492 e. The van der Waals surface area contributed by atoms with E-state index in [1.165, 1.54) is 9.80 Å². The summed E-state index contributed by atoms with van der Waals surface area (Å²) in [5, 5.41) is 26.6. The molecular weight excluding hydrogens is 928 g/mol. The van der Waals surface area contributed by atoms with Crippen LogP contribution >= 0.6 is 22.9 Å². The molecule has 1 aromatic heterocycles. The number of carbonyl (C=O) groups excluding carboxylic acids is 4. The van der Waals surface area contributed by atoms with Crippen LogP contribution in [-0.4, -0.2) is 143 Å². The third-order valence-electron chi connectivity index (χ3n) is 14.4. The van der Waals surface area contributed by atoms with Gasteiger partial charge in [0, 0.05) is 81.2 Å². The van der Waals surface area contributed by atoms with Crippen LogP contribution in [0, 0.1) is 35.0 Å². The van der Waals surface area contributed by atoms with Gasteiger partial charge in [-0.3, -0.25) is 29.0 Å². The molecule has 2 aliphatic heterocycles. The Kier molecular flexibility index (Phi) is 16.3. The lowest BCUT2D eigenvalue weighted by Gasteiger charge is -2.63. The molecule has 0 radical (unpaired) electrons. The van der Waals surface area contributed by atoms with Gasteiger partial charge >= 0.3 is 0 Å². The Balaban J connectivity index is 0.836. The molecule has 3 fully saturated rings. The molecule has 3 heterocycles. The summed E-state index contributed by atoms with van der Waals surface area (Å²) in [6.45, 7) is 20.0. The second-order valence-corrected chi connectivity index (χ2v) is 21.8. The quantitative estimate of drug-likeness (QED) is 0.104. The predicted octanol–water partition coefficient (Wildman–Crippen LogP) is 6.57. The standard InChI is InChI=1S/C53H67ClN8O7S/c1-32(2)45(49(67)62-29-39(63)26-43(62)48(66)57-33(3)35-10-12-36(13-11-35)46-34(4)56-31-70-46)59(9)44(64)30-61-22-20-60(21-23-61)24-25-68-40-17-14-37(15-18-40)47(65)58-50-52(5,6)51(53(50,7)8)69-41-19-16-38(28-55)42(54)27-41/h10-19,27,31-33,39,43,45,50-51,63H,20-26,29-30H2,1-9H3,(H,57,66)(H,58,65)/t33-,39+,43-,45-,50?,51?/m0/s1. The number of benzene rings is 3. The smallest absolute Gasteiger partial charge is 0.251 e. The lowest BCUT2D eigenvalue weighted by Crippen LogP contribution is -2.74. The number of amides is 4. The van der Waals surface area contributed by atoms with Crippen LogP contribution in [0.2, 0.25) is 5.02 Å². The van der Waals surface area contributed by atoms with Crippen molar-refractivity contribution in [2.45, 2.75) is 98.2 Å². The second kappa shape index (κ2) is 21.8. The van der Waals surface area contributed by atoms with E-state index in [4.69, 9.17) is 21.1 Å². The number of hydrogen-bond acceptors (Lipinski definition) is 12. The van der Waals surface area contributed by atoms with E-state index < -0.39 is 18.2 Å². The van der Waals surface area contributed by atoms with Crippen molar-refractivity contribution in [1.82, 2.24) is 35.2 Å². The number of aromatic nitrogens is 1. The van der Waals surface area contributed by atoms with Gasteiger partial charge in [-0.2, -0.15) is 5.26 Å². The highest BCUT2D eigenvalue weighted by molar-refractivity contribution is 7.13. The fourth-order valence-electron chi connectivity index (χ4n) is 10.7. The molecule has 4 atom stereocenters. The molecule has 70 heavy (non-hydrogen) atoms. The third-order valence-corrected chi connectivity index (χ3v) is 15.7. The van der Waals surface area contributed by atoms with E-state index in [9.17, 15) is 29.5 Å². The zero-order valence-electron chi connectivity index (χ0n) is 41.7.